The van der Waals surface area contributed by atoms with Crippen molar-refractivity contribution in [1.82, 2.24) is 5.32 Å². The van der Waals surface area contributed by atoms with Crippen LogP contribution in [0.25, 0.3) is 0 Å². The van der Waals surface area contributed by atoms with E-state index in [1.165, 1.54) is 37.7 Å². The fourth-order valence-electron chi connectivity index (χ4n) is 4.82. The molecule has 2 rings (SSSR count). The van der Waals surface area contributed by atoms with E-state index >= 15 is 0 Å². The molecule has 0 aromatic heterocycles. The number of thioether (sulfide) groups is 1. The van der Waals surface area contributed by atoms with Gasteiger partial charge in [-0.25, -0.2) is 0 Å². The Morgan fingerprint density at radius 2 is 1.51 bits per heavy atom. The summed E-state index contributed by atoms with van der Waals surface area (Å²) in [7, 11) is 0. The van der Waals surface area contributed by atoms with Crippen LogP contribution in [0.3, 0.4) is 0 Å². The second-order valence-electron chi connectivity index (χ2n) is 10.7. The van der Waals surface area contributed by atoms with E-state index in [-0.39, 0.29) is 71.4 Å². The Bertz CT molecular complexity index is 1070. The summed E-state index contributed by atoms with van der Waals surface area (Å²) in [5.74, 6) is -2.73. The van der Waals surface area contributed by atoms with Crippen LogP contribution >= 0.6 is 11.8 Å². The van der Waals surface area contributed by atoms with Crippen molar-refractivity contribution in [2.75, 3.05) is 12.3 Å². The minimum Gasteiger partial charge on any atom is -0.550 e. The van der Waals surface area contributed by atoms with E-state index in [9.17, 15) is 29.7 Å². The molecule has 2 aromatic carbocycles. The summed E-state index contributed by atoms with van der Waals surface area (Å²) >= 11 is 1.58. The molecule has 7 nitrogen and oxygen atoms in total. The Labute approximate surface area is 306 Å². The van der Waals surface area contributed by atoms with Crippen LogP contribution in [0.1, 0.15) is 87.8 Å². The predicted octanol–water partition coefficient (Wildman–Crippen LogP) is -2.37. The van der Waals surface area contributed by atoms with Gasteiger partial charge >= 0.3 is 59.1 Å². The molecule has 226 valence electrons. The second kappa shape index (κ2) is 25.4. The topological polar surface area (TPSA) is 130 Å². The van der Waals surface area contributed by atoms with E-state index in [1.807, 2.05) is 36.4 Å². The van der Waals surface area contributed by atoms with Crippen molar-refractivity contribution in [3.8, 4) is 0 Å². The van der Waals surface area contributed by atoms with E-state index in [1.54, 1.807) is 11.8 Å². The van der Waals surface area contributed by atoms with Gasteiger partial charge in [-0.3, -0.25) is 4.79 Å². The number of benzene rings is 2. The summed E-state index contributed by atoms with van der Waals surface area (Å²) in [6.45, 7) is 1.69. The Balaban J connectivity index is 0.00000882. The molecule has 0 saturated heterocycles. The number of aliphatic hydroxyl groups is 1. The maximum atomic E-state index is 12.9. The van der Waals surface area contributed by atoms with Crippen molar-refractivity contribution in [1.29, 1.82) is 0 Å². The van der Waals surface area contributed by atoms with Gasteiger partial charge in [-0.15, -0.1) is 11.8 Å². The average Bonchev–Trinajstić information content (AvgIpc) is 2.94. The molecule has 2 atom stereocenters. The van der Waals surface area contributed by atoms with Gasteiger partial charge < -0.3 is 30.2 Å². The van der Waals surface area contributed by atoms with E-state index in [0.29, 0.717) is 31.4 Å². The average molecular weight is 630 g/mol. The second-order valence-corrected chi connectivity index (χ2v) is 11.8. The molecular weight excluding hydrogens is 584 g/mol. The van der Waals surface area contributed by atoms with Crippen LogP contribution in [-0.4, -0.2) is 41.4 Å². The molecule has 0 bridgehead atoms. The smallest absolute Gasteiger partial charge is 0.550 e. The molecule has 1 amide bonds. The number of nitrogens with one attached hydrogen (secondary N) is 1. The molecule has 0 fully saturated rings. The van der Waals surface area contributed by atoms with Crippen LogP contribution < -0.4 is 74.6 Å². The fourth-order valence-corrected chi connectivity index (χ4v) is 6.06. The number of hydrogen-bond acceptors (Lipinski definition) is 7. The number of hydrogen-bond donors (Lipinski definition) is 2. The Kier molecular flexibility index (Phi) is 24.9. The molecule has 2 unspecified atom stereocenters. The van der Waals surface area contributed by atoms with E-state index < -0.39 is 30.5 Å². The zero-order valence-corrected chi connectivity index (χ0v) is 31.1. The Morgan fingerprint density at radius 3 is 2.16 bits per heavy atom. The number of aryl methyl sites for hydroxylation is 1. The molecule has 2 aromatic rings. The third-order valence-electron chi connectivity index (χ3n) is 7.11. The molecule has 43 heavy (non-hydrogen) atoms. The largest absolute Gasteiger partial charge is 1.00 e. The van der Waals surface area contributed by atoms with Gasteiger partial charge in [0.2, 0.25) is 5.91 Å². The first-order chi connectivity index (χ1) is 19.8. The number of rotatable bonds is 22. The van der Waals surface area contributed by atoms with Crippen LogP contribution in [0.15, 0.2) is 53.4 Å². The van der Waals surface area contributed by atoms with Crippen molar-refractivity contribution in [3.05, 3.63) is 65.2 Å². The Hall–Kier alpha value is -0.840. The SMILES string of the molecule is CCCCCCCCCc1ccc(CC(O)CCCC(=O)[O-])cc1SCC(Cc1ccccc1)C(=O)NCC(=O)[O-].[Na+].[Na+]. The summed E-state index contributed by atoms with van der Waals surface area (Å²) in [4.78, 5) is 35.7. The van der Waals surface area contributed by atoms with Crippen LogP contribution in [-0.2, 0) is 33.6 Å². The fraction of sp³-hybridized carbons (Fsp3) is 0.545. The van der Waals surface area contributed by atoms with E-state index in [2.05, 4.69) is 24.4 Å². The maximum absolute atomic E-state index is 12.9. The van der Waals surface area contributed by atoms with Crippen LogP contribution in [0.2, 0.25) is 0 Å². The van der Waals surface area contributed by atoms with Crippen molar-refractivity contribution in [2.45, 2.75) is 101 Å². The summed E-state index contributed by atoms with van der Waals surface area (Å²) in [6.07, 6.45) is 10.3. The quantitative estimate of drug-likeness (QED) is 0.0847. The number of aliphatic hydroxyl groups excluding tert-OH is 1. The normalized spacial score (nSPS) is 12.0. The summed E-state index contributed by atoms with van der Waals surface area (Å²) < 4.78 is 0. The van der Waals surface area contributed by atoms with Crippen molar-refractivity contribution >= 4 is 29.6 Å². The third-order valence-corrected chi connectivity index (χ3v) is 8.37. The standard InChI is InChI=1S/C33H47NO6S.2Na/c1-2-3-4-5-6-7-11-15-27-19-18-26(21-29(35)16-12-17-31(36)37)22-30(27)41-24-28(33(40)34-23-32(38)39)20-25-13-9-8-10-14-25;;/h8-10,13-14,18-19,22,28-29,35H,2-7,11-12,15-17,20-21,23-24H2,1H3,(H,34,40)(H,36,37)(H,38,39);;/q;2*+1/p-2. The van der Waals surface area contributed by atoms with Crippen molar-refractivity contribution < 1.29 is 88.8 Å². The van der Waals surface area contributed by atoms with E-state index in [0.717, 1.165) is 35.3 Å². The van der Waals surface area contributed by atoms with Gasteiger partial charge in [0.05, 0.1) is 24.5 Å². The third kappa shape index (κ3) is 19.3. The van der Waals surface area contributed by atoms with Crippen LogP contribution in [0.5, 0.6) is 0 Å². The van der Waals surface area contributed by atoms with Gasteiger partial charge in [-0.2, -0.15) is 0 Å². The first-order valence-electron chi connectivity index (χ1n) is 14.9. The van der Waals surface area contributed by atoms with Gasteiger partial charge in [-0.1, -0.05) is 87.9 Å². The molecule has 0 radical (unpaired) electrons. The first kappa shape index (κ1) is 42.2. The van der Waals surface area contributed by atoms with Gasteiger partial charge in [0.25, 0.3) is 0 Å². The number of carbonyl (C=O) groups is 3. The van der Waals surface area contributed by atoms with Crippen molar-refractivity contribution in [2.24, 2.45) is 5.92 Å². The Morgan fingerprint density at radius 1 is 0.837 bits per heavy atom. The van der Waals surface area contributed by atoms with Crippen LogP contribution in [0.4, 0.5) is 0 Å². The summed E-state index contributed by atoms with van der Waals surface area (Å²) in [5, 5.41) is 34.6. The molecule has 0 saturated carbocycles. The molecule has 0 spiro atoms. The number of amides is 1. The van der Waals surface area contributed by atoms with Crippen LogP contribution in [0, 0.1) is 5.92 Å². The van der Waals surface area contributed by atoms with Gasteiger partial charge in [0.1, 0.15) is 0 Å². The minimum atomic E-state index is -1.33. The van der Waals surface area contributed by atoms with E-state index in [4.69, 9.17) is 0 Å². The monoisotopic (exact) mass is 629 g/mol. The predicted molar refractivity (Wildman–Crippen MR) is 159 cm³/mol. The van der Waals surface area contributed by atoms with Crippen molar-refractivity contribution in [3.63, 3.8) is 0 Å². The maximum Gasteiger partial charge on any atom is 1.00 e. The number of carboxylic acid groups (broad SMARTS) is 2. The first-order valence-corrected chi connectivity index (χ1v) is 15.9. The summed E-state index contributed by atoms with van der Waals surface area (Å²) in [5.41, 5.74) is 3.16. The molecule has 0 aliphatic rings. The molecule has 0 aliphatic heterocycles. The molecule has 0 heterocycles. The van der Waals surface area contributed by atoms with Gasteiger partial charge in [0, 0.05) is 16.6 Å². The van der Waals surface area contributed by atoms with Gasteiger partial charge in [0.15, 0.2) is 0 Å². The molecule has 0 aliphatic carbocycles. The molecule has 10 heteroatoms. The number of carboxylic acids is 2. The molecular formula is C33H45NNa2O6S. The number of unbranched alkanes of at least 4 members (excludes halogenated alkanes) is 6. The minimum absolute atomic E-state index is 0. The van der Waals surface area contributed by atoms with Gasteiger partial charge in [-0.05, 0) is 67.7 Å². The number of carbonyl (C=O) groups excluding carboxylic acids is 3. The molecule has 2 N–H and O–H groups in total. The zero-order chi connectivity index (χ0) is 29.9. The number of aliphatic carboxylic acids is 2. The zero-order valence-electron chi connectivity index (χ0n) is 26.3. The summed E-state index contributed by atoms with van der Waals surface area (Å²) in [6, 6.07) is 15.9.